The standard InChI is InChI=1S/C30H25N5/c1-20-16-25(23-10-6-4-7-11-23)17-21(2)29(20)35-30(31-19-32-35)24-14-15-28-27(18-24)33-22(3)34(28)26-12-8-5-9-13-26/h4-19H,1-3H3. The lowest BCUT2D eigenvalue weighted by Crippen LogP contribution is -2.05. The van der Waals surface area contributed by atoms with Gasteiger partial charge in [-0.25, -0.2) is 14.6 Å². The summed E-state index contributed by atoms with van der Waals surface area (Å²) in [6.45, 7) is 6.30. The van der Waals surface area contributed by atoms with E-state index in [1.165, 1.54) is 11.1 Å². The van der Waals surface area contributed by atoms with Crippen LogP contribution in [-0.2, 0) is 0 Å². The largest absolute Gasteiger partial charge is 0.297 e. The van der Waals surface area contributed by atoms with E-state index in [2.05, 4.69) is 95.2 Å². The first kappa shape index (κ1) is 21.1. The Morgan fingerprint density at radius 1 is 0.657 bits per heavy atom. The summed E-state index contributed by atoms with van der Waals surface area (Å²) in [5, 5.41) is 4.62. The molecule has 0 unspecified atom stereocenters. The highest BCUT2D eigenvalue weighted by Crippen LogP contribution is 2.31. The van der Waals surface area contributed by atoms with Crippen LogP contribution in [0.2, 0.25) is 0 Å². The summed E-state index contributed by atoms with van der Waals surface area (Å²) in [7, 11) is 0. The van der Waals surface area contributed by atoms with Gasteiger partial charge in [-0.15, -0.1) is 0 Å². The molecule has 0 saturated carbocycles. The lowest BCUT2D eigenvalue weighted by Gasteiger charge is -2.15. The van der Waals surface area contributed by atoms with Crippen molar-refractivity contribution < 1.29 is 0 Å². The molecule has 0 spiro atoms. The Hall–Kier alpha value is -4.51. The van der Waals surface area contributed by atoms with Crippen LogP contribution in [0.4, 0.5) is 0 Å². The molecule has 5 nitrogen and oxygen atoms in total. The molecule has 0 aliphatic heterocycles. The molecule has 5 heteroatoms. The van der Waals surface area contributed by atoms with Crippen molar-refractivity contribution in [2.24, 2.45) is 0 Å². The van der Waals surface area contributed by atoms with Crippen LogP contribution in [0.5, 0.6) is 0 Å². The lowest BCUT2D eigenvalue weighted by molar-refractivity contribution is 0.871. The van der Waals surface area contributed by atoms with Crippen molar-refractivity contribution in [3.8, 4) is 33.9 Å². The monoisotopic (exact) mass is 455 g/mol. The number of hydrogen-bond donors (Lipinski definition) is 0. The Kier molecular flexibility index (Phi) is 5.03. The third kappa shape index (κ3) is 3.62. The highest BCUT2D eigenvalue weighted by Gasteiger charge is 2.17. The minimum Gasteiger partial charge on any atom is -0.297 e. The van der Waals surface area contributed by atoms with E-state index in [0.29, 0.717) is 0 Å². The van der Waals surface area contributed by atoms with Crippen LogP contribution in [-0.4, -0.2) is 24.3 Å². The average Bonchev–Trinajstić information content (AvgIpc) is 3.48. The maximum Gasteiger partial charge on any atom is 0.163 e. The Balaban J connectivity index is 1.44. The van der Waals surface area contributed by atoms with Gasteiger partial charge < -0.3 is 0 Å². The Morgan fingerprint density at radius 3 is 2.06 bits per heavy atom. The molecule has 0 N–H and O–H groups in total. The van der Waals surface area contributed by atoms with E-state index in [9.17, 15) is 0 Å². The number of imidazole rings is 1. The fourth-order valence-corrected chi connectivity index (χ4v) is 4.93. The summed E-state index contributed by atoms with van der Waals surface area (Å²) >= 11 is 0. The fourth-order valence-electron chi connectivity index (χ4n) is 4.93. The van der Waals surface area contributed by atoms with Gasteiger partial charge >= 0.3 is 0 Å². The number of aryl methyl sites for hydroxylation is 3. The summed E-state index contributed by atoms with van der Waals surface area (Å²) in [5.41, 5.74) is 9.87. The second kappa shape index (κ2) is 8.37. The average molecular weight is 456 g/mol. The molecule has 0 fully saturated rings. The van der Waals surface area contributed by atoms with E-state index in [0.717, 1.165) is 50.7 Å². The number of benzene rings is 4. The lowest BCUT2D eigenvalue weighted by atomic mass is 9.99. The van der Waals surface area contributed by atoms with E-state index in [4.69, 9.17) is 4.98 Å². The first-order valence-corrected chi connectivity index (χ1v) is 11.7. The zero-order valence-corrected chi connectivity index (χ0v) is 20.0. The molecule has 0 saturated heterocycles. The van der Waals surface area contributed by atoms with Crippen LogP contribution in [0.3, 0.4) is 0 Å². The Bertz CT molecular complexity index is 1640. The van der Waals surface area contributed by atoms with E-state index in [1.54, 1.807) is 6.33 Å². The van der Waals surface area contributed by atoms with Crippen LogP contribution in [0, 0.1) is 20.8 Å². The van der Waals surface area contributed by atoms with Gasteiger partial charge in [-0.3, -0.25) is 4.57 Å². The van der Waals surface area contributed by atoms with E-state index in [-0.39, 0.29) is 0 Å². The molecule has 0 bridgehead atoms. The summed E-state index contributed by atoms with van der Waals surface area (Å²) in [6, 6.07) is 31.5. The van der Waals surface area contributed by atoms with Gasteiger partial charge in [0.05, 0.1) is 16.7 Å². The zero-order valence-electron chi connectivity index (χ0n) is 20.0. The van der Waals surface area contributed by atoms with Crippen molar-refractivity contribution in [1.82, 2.24) is 24.3 Å². The van der Waals surface area contributed by atoms with Crippen molar-refractivity contribution in [3.05, 3.63) is 114 Å². The molecule has 170 valence electrons. The smallest absolute Gasteiger partial charge is 0.163 e. The maximum atomic E-state index is 4.85. The van der Waals surface area contributed by atoms with E-state index >= 15 is 0 Å². The van der Waals surface area contributed by atoms with Crippen LogP contribution >= 0.6 is 0 Å². The molecule has 2 aromatic heterocycles. The van der Waals surface area contributed by atoms with Crippen molar-refractivity contribution in [2.45, 2.75) is 20.8 Å². The van der Waals surface area contributed by atoms with Gasteiger partial charge in [-0.05, 0) is 85.5 Å². The predicted octanol–water partition coefficient (Wildman–Crippen LogP) is 6.87. The Morgan fingerprint density at radius 2 is 1.34 bits per heavy atom. The number of para-hydroxylation sites is 1. The first-order chi connectivity index (χ1) is 17.1. The fraction of sp³-hybridized carbons (Fsp3) is 0.100. The summed E-state index contributed by atoms with van der Waals surface area (Å²) in [5.74, 6) is 1.76. The highest BCUT2D eigenvalue weighted by atomic mass is 15.3. The van der Waals surface area contributed by atoms with Gasteiger partial charge in [0.15, 0.2) is 5.82 Å². The zero-order chi connectivity index (χ0) is 23.9. The van der Waals surface area contributed by atoms with Gasteiger partial charge in [0.1, 0.15) is 12.2 Å². The van der Waals surface area contributed by atoms with Crippen molar-refractivity contribution in [3.63, 3.8) is 0 Å². The second-order valence-electron chi connectivity index (χ2n) is 8.85. The second-order valence-corrected chi connectivity index (χ2v) is 8.85. The van der Waals surface area contributed by atoms with Crippen molar-refractivity contribution in [2.75, 3.05) is 0 Å². The molecule has 6 rings (SSSR count). The maximum absolute atomic E-state index is 4.85. The van der Waals surface area contributed by atoms with Gasteiger partial charge in [-0.1, -0.05) is 48.5 Å². The summed E-state index contributed by atoms with van der Waals surface area (Å²) in [6.07, 6.45) is 1.62. The van der Waals surface area contributed by atoms with Crippen LogP contribution in [0.25, 0.3) is 44.9 Å². The molecule has 4 aromatic carbocycles. The number of rotatable bonds is 4. The van der Waals surface area contributed by atoms with Crippen molar-refractivity contribution in [1.29, 1.82) is 0 Å². The quantitative estimate of drug-likeness (QED) is 0.292. The molecular formula is C30H25N5. The molecule has 0 amide bonds. The highest BCUT2D eigenvalue weighted by molar-refractivity contribution is 5.83. The number of hydrogen-bond acceptors (Lipinski definition) is 3. The molecule has 2 heterocycles. The molecule has 0 radical (unpaired) electrons. The number of fused-ring (bicyclic) bond motifs is 1. The summed E-state index contributed by atoms with van der Waals surface area (Å²) in [4.78, 5) is 9.49. The number of aromatic nitrogens is 5. The predicted molar refractivity (Wildman–Crippen MR) is 141 cm³/mol. The molecule has 35 heavy (non-hydrogen) atoms. The van der Waals surface area contributed by atoms with Crippen LogP contribution in [0.15, 0.2) is 97.3 Å². The van der Waals surface area contributed by atoms with Crippen LogP contribution in [0.1, 0.15) is 17.0 Å². The normalized spacial score (nSPS) is 11.3. The molecular weight excluding hydrogens is 430 g/mol. The SMILES string of the molecule is Cc1cc(-c2ccccc2)cc(C)c1-n1ncnc1-c1ccc2c(c1)nc(C)n2-c1ccccc1. The van der Waals surface area contributed by atoms with E-state index in [1.807, 2.05) is 35.9 Å². The van der Waals surface area contributed by atoms with Gasteiger partial charge in [0, 0.05) is 11.3 Å². The topological polar surface area (TPSA) is 48.5 Å². The molecule has 0 aliphatic carbocycles. The van der Waals surface area contributed by atoms with Crippen LogP contribution < -0.4 is 0 Å². The minimum atomic E-state index is 0.803. The number of nitrogens with zero attached hydrogens (tertiary/aromatic N) is 5. The Labute approximate surface area is 204 Å². The van der Waals surface area contributed by atoms with Gasteiger partial charge in [0.2, 0.25) is 0 Å². The molecule has 0 aliphatic rings. The van der Waals surface area contributed by atoms with Gasteiger partial charge in [0.25, 0.3) is 0 Å². The third-order valence-corrected chi connectivity index (χ3v) is 6.45. The van der Waals surface area contributed by atoms with E-state index < -0.39 is 0 Å². The van der Waals surface area contributed by atoms with Crippen molar-refractivity contribution >= 4 is 11.0 Å². The molecule has 6 aromatic rings. The minimum absolute atomic E-state index is 0.803. The molecule has 0 atom stereocenters. The first-order valence-electron chi connectivity index (χ1n) is 11.7. The summed E-state index contributed by atoms with van der Waals surface area (Å²) < 4.78 is 4.13. The third-order valence-electron chi connectivity index (χ3n) is 6.45. The van der Waals surface area contributed by atoms with Gasteiger partial charge in [-0.2, -0.15) is 5.10 Å².